The number of ether oxygens (including phenoxy) is 2. The van der Waals surface area contributed by atoms with Crippen molar-refractivity contribution < 1.29 is 27.8 Å². The van der Waals surface area contributed by atoms with Gasteiger partial charge in [-0.2, -0.15) is 13.2 Å². The van der Waals surface area contributed by atoms with Gasteiger partial charge in [-0.15, -0.1) is 11.3 Å². The first-order valence-electron chi connectivity index (χ1n) is 8.22. The number of rotatable bonds is 3. The minimum Gasteiger partial charge on any atom is -0.506 e. The van der Waals surface area contributed by atoms with E-state index in [9.17, 15) is 23.1 Å². The summed E-state index contributed by atoms with van der Waals surface area (Å²) in [7, 11) is 2.87. The van der Waals surface area contributed by atoms with Crippen molar-refractivity contribution in [2.75, 3.05) is 14.2 Å². The van der Waals surface area contributed by atoms with Gasteiger partial charge >= 0.3 is 6.18 Å². The Balaban J connectivity index is 2.07. The van der Waals surface area contributed by atoms with Gasteiger partial charge in [0.05, 0.1) is 35.7 Å². The fraction of sp³-hybridized carbons (Fsp3) is 0.158. The van der Waals surface area contributed by atoms with Crippen LogP contribution in [0.15, 0.2) is 35.1 Å². The van der Waals surface area contributed by atoms with E-state index in [1.165, 1.54) is 20.3 Å². The lowest BCUT2D eigenvalue weighted by molar-refractivity contribution is -0.136. The molecule has 6 nitrogen and oxygen atoms in total. The van der Waals surface area contributed by atoms with Crippen molar-refractivity contribution in [1.29, 1.82) is 0 Å². The van der Waals surface area contributed by atoms with Crippen LogP contribution in [-0.2, 0) is 6.18 Å². The highest BCUT2D eigenvalue weighted by Crippen LogP contribution is 2.44. The summed E-state index contributed by atoms with van der Waals surface area (Å²) < 4.78 is 52.1. The van der Waals surface area contributed by atoms with Gasteiger partial charge in [0.25, 0.3) is 5.56 Å². The first kappa shape index (κ1) is 19.1. The van der Waals surface area contributed by atoms with E-state index in [2.05, 4.69) is 9.97 Å². The maximum atomic E-state index is 13.9. The summed E-state index contributed by atoms with van der Waals surface area (Å²) in [6.07, 6.45) is -4.71. The zero-order chi connectivity index (χ0) is 20.9. The smallest absolute Gasteiger partial charge is 0.417 e. The summed E-state index contributed by atoms with van der Waals surface area (Å²) in [5.74, 6) is 0.379. The standard InChI is InChI=1S/C19H13F3N2O4S/c1-27-12-4-3-8(5-13(12)28-2)10-6-9(19(20,21)22)15-16-17(29-18(15)23-10)11(25)7-14(26)24-16/h3-7H,1-2H3,(H2,24,25,26). The summed E-state index contributed by atoms with van der Waals surface area (Å²) in [5, 5.41) is 9.76. The molecule has 0 aliphatic carbocycles. The van der Waals surface area contributed by atoms with Crippen LogP contribution in [0.2, 0.25) is 0 Å². The Bertz CT molecular complexity index is 1310. The van der Waals surface area contributed by atoms with Crippen LogP contribution in [0.25, 0.3) is 31.7 Å². The monoisotopic (exact) mass is 422 g/mol. The number of methoxy groups -OCH3 is 2. The number of pyridine rings is 2. The van der Waals surface area contributed by atoms with Crippen molar-refractivity contribution in [3.8, 4) is 28.5 Å². The molecule has 0 fully saturated rings. The number of hydrogen-bond acceptors (Lipinski definition) is 6. The van der Waals surface area contributed by atoms with Gasteiger partial charge in [0.15, 0.2) is 11.5 Å². The number of aromatic hydroxyl groups is 1. The van der Waals surface area contributed by atoms with Crippen LogP contribution in [-0.4, -0.2) is 29.3 Å². The first-order chi connectivity index (χ1) is 13.7. The van der Waals surface area contributed by atoms with Crippen molar-refractivity contribution >= 4 is 31.8 Å². The molecule has 4 rings (SSSR count). The van der Waals surface area contributed by atoms with Crippen molar-refractivity contribution in [1.82, 2.24) is 9.97 Å². The van der Waals surface area contributed by atoms with Crippen LogP contribution in [0.5, 0.6) is 17.2 Å². The molecule has 0 bridgehead atoms. The Hall–Kier alpha value is -3.27. The summed E-state index contributed by atoms with van der Waals surface area (Å²) in [5.41, 5.74) is -1.29. The molecule has 0 aliphatic rings. The van der Waals surface area contributed by atoms with Gasteiger partial charge in [-0.25, -0.2) is 4.98 Å². The number of halogens is 3. The van der Waals surface area contributed by atoms with Crippen molar-refractivity contribution in [3.63, 3.8) is 0 Å². The quantitative estimate of drug-likeness (QED) is 0.506. The highest BCUT2D eigenvalue weighted by atomic mass is 32.1. The van der Waals surface area contributed by atoms with Gasteiger partial charge < -0.3 is 19.6 Å². The van der Waals surface area contributed by atoms with Crippen LogP contribution in [0.3, 0.4) is 0 Å². The molecule has 2 N–H and O–H groups in total. The second kappa shape index (κ2) is 6.66. The summed E-state index contributed by atoms with van der Waals surface area (Å²) in [6.45, 7) is 0. The van der Waals surface area contributed by atoms with Crippen molar-refractivity contribution in [2.45, 2.75) is 6.18 Å². The molecule has 1 aromatic carbocycles. The van der Waals surface area contributed by atoms with E-state index in [0.717, 1.165) is 23.5 Å². The van der Waals surface area contributed by atoms with E-state index in [4.69, 9.17) is 9.47 Å². The highest BCUT2D eigenvalue weighted by Gasteiger charge is 2.35. The lowest BCUT2D eigenvalue weighted by atomic mass is 10.1. The first-order valence-corrected chi connectivity index (χ1v) is 9.03. The highest BCUT2D eigenvalue weighted by molar-refractivity contribution is 7.25. The molecule has 0 spiro atoms. The van der Waals surface area contributed by atoms with E-state index in [0.29, 0.717) is 17.1 Å². The molecule has 0 unspecified atom stereocenters. The molecule has 0 radical (unpaired) electrons. The Morgan fingerprint density at radius 1 is 1.10 bits per heavy atom. The Morgan fingerprint density at radius 2 is 1.83 bits per heavy atom. The number of alkyl halides is 3. The van der Waals surface area contributed by atoms with Gasteiger partial charge in [-0.1, -0.05) is 0 Å². The van der Waals surface area contributed by atoms with Crippen LogP contribution in [0.1, 0.15) is 5.56 Å². The second-order valence-corrected chi connectivity index (χ2v) is 7.13. The van der Waals surface area contributed by atoms with E-state index in [-0.39, 0.29) is 26.1 Å². The minimum absolute atomic E-state index is 0.0387. The number of aromatic amines is 1. The Morgan fingerprint density at radius 3 is 2.48 bits per heavy atom. The lowest BCUT2D eigenvalue weighted by Crippen LogP contribution is -2.08. The fourth-order valence-corrected chi connectivity index (χ4v) is 4.18. The van der Waals surface area contributed by atoms with Crippen LogP contribution in [0, 0.1) is 0 Å². The molecule has 0 amide bonds. The number of fused-ring (bicyclic) bond motifs is 3. The molecule has 4 aromatic rings. The molecule has 0 saturated heterocycles. The predicted octanol–water partition coefficient (Wildman–Crippen LogP) is 4.55. The molecule has 0 saturated carbocycles. The minimum atomic E-state index is -4.71. The third-order valence-electron chi connectivity index (χ3n) is 4.40. The Kier molecular flexibility index (Phi) is 4.38. The molecule has 0 atom stereocenters. The van der Waals surface area contributed by atoms with E-state index < -0.39 is 23.0 Å². The van der Waals surface area contributed by atoms with Gasteiger partial charge in [0, 0.05) is 17.0 Å². The Labute approximate surface area is 165 Å². The van der Waals surface area contributed by atoms with Crippen molar-refractivity contribution in [2.24, 2.45) is 0 Å². The lowest BCUT2D eigenvalue weighted by Gasteiger charge is -2.12. The molecule has 150 valence electrons. The zero-order valence-corrected chi connectivity index (χ0v) is 15.9. The SMILES string of the molecule is COc1ccc(-c2cc(C(F)(F)F)c3c(n2)sc2c(O)cc(=O)[nH]c23)cc1OC. The summed E-state index contributed by atoms with van der Waals surface area (Å²) >= 11 is 0.867. The molecule has 3 aromatic heterocycles. The van der Waals surface area contributed by atoms with Gasteiger partial charge in [-0.3, -0.25) is 4.79 Å². The average Bonchev–Trinajstić information content (AvgIpc) is 3.04. The summed E-state index contributed by atoms with van der Waals surface area (Å²) in [6, 6.07) is 6.50. The number of thiophene rings is 1. The number of nitrogens with one attached hydrogen (secondary N) is 1. The predicted molar refractivity (Wildman–Crippen MR) is 103 cm³/mol. The molecular weight excluding hydrogens is 409 g/mol. The topological polar surface area (TPSA) is 84.4 Å². The van der Waals surface area contributed by atoms with E-state index in [1.54, 1.807) is 12.1 Å². The van der Waals surface area contributed by atoms with Crippen LogP contribution >= 0.6 is 11.3 Å². The molecular formula is C19H13F3N2O4S. The zero-order valence-electron chi connectivity index (χ0n) is 15.0. The number of benzene rings is 1. The number of aromatic nitrogens is 2. The normalized spacial score (nSPS) is 11.9. The average molecular weight is 422 g/mol. The fourth-order valence-electron chi connectivity index (χ4n) is 3.11. The third-order valence-corrected chi connectivity index (χ3v) is 5.50. The van der Waals surface area contributed by atoms with E-state index >= 15 is 0 Å². The van der Waals surface area contributed by atoms with Crippen LogP contribution < -0.4 is 15.0 Å². The molecule has 29 heavy (non-hydrogen) atoms. The van der Waals surface area contributed by atoms with Gasteiger partial charge in [0.2, 0.25) is 0 Å². The van der Waals surface area contributed by atoms with Gasteiger partial charge in [-0.05, 0) is 24.3 Å². The van der Waals surface area contributed by atoms with Crippen molar-refractivity contribution in [3.05, 3.63) is 46.2 Å². The second-order valence-electron chi connectivity index (χ2n) is 6.13. The number of hydrogen-bond donors (Lipinski definition) is 2. The summed E-state index contributed by atoms with van der Waals surface area (Å²) in [4.78, 5) is 18.5. The maximum absolute atomic E-state index is 13.9. The third kappa shape index (κ3) is 3.15. The largest absolute Gasteiger partial charge is 0.506 e. The number of H-pyrrole nitrogens is 1. The molecule has 3 heterocycles. The van der Waals surface area contributed by atoms with Gasteiger partial charge in [0.1, 0.15) is 10.6 Å². The van der Waals surface area contributed by atoms with E-state index in [1.807, 2.05) is 0 Å². The van der Waals surface area contributed by atoms with Crippen LogP contribution in [0.4, 0.5) is 13.2 Å². The number of nitrogens with zero attached hydrogens (tertiary/aromatic N) is 1. The molecule has 0 aliphatic heterocycles. The maximum Gasteiger partial charge on any atom is 0.417 e. The molecule has 10 heteroatoms.